The highest BCUT2D eigenvalue weighted by atomic mass is 32.2. The smallest absolute Gasteiger partial charge is 0.347 e. The Balaban J connectivity index is 2.75. The summed E-state index contributed by atoms with van der Waals surface area (Å²) < 4.78 is 24.5. The lowest BCUT2D eigenvalue weighted by molar-refractivity contribution is 0.0701. The van der Waals surface area contributed by atoms with Crippen molar-refractivity contribution >= 4 is 27.3 Å². The van der Waals surface area contributed by atoms with Gasteiger partial charge in [-0.1, -0.05) is 0 Å². The van der Waals surface area contributed by atoms with E-state index in [2.05, 4.69) is 9.71 Å². The summed E-state index contributed by atoms with van der Waals surface area (Å²) in [7, 11) is -3.65. The number of aromatic nitrogens is 1. The van der Waals surface area contributed by atoms with Gasteiger partial charge in [0, 0.05) is 0 Å². The number of nitrogens with one attached hydrogen (secondary N) is 1. The highest BCUT2D eigenvalue weighted by Gasteiger charge is 2.15. The summed E-state index contributed by atoms with van der Waals surface area (Å²) >= 11 is 0.906. The molecule has 1 aromatic heterocycles. The first-order chi connectivity index (χ1) is 7.85. The van der Waals surface area contributed by atoms with E-state index in [4.69, 9.17) is 10.4 Å². The van der Waals surface area contributed by atoms with Crippen LogP contribution in [0.3, 0.4) is 0 Å². The van der Waals surface area contributed by atoms with Crippen LogP contribution in [0.15, 0.2) is 0 Å². The molecule has 0 bridgehead atoms. The van der Waals surface area contributed by atoms with Crippen molar-refractivity contribution in [2.45, 2.75) is 13.5 Å². The van der Waals surface area contributed by atoms with Crippen LogP contribution in [-0.2, 0) is 16.6 Å². The third-order valence-electron chi connectivity index (χ3n) is 1.73. The summed E-state index contributed by atoms with van der Waals surface area (Å²) in [4.78, 5) is 14.7. The third kappa shape index (κ3) is 3.77. The fraction of sp³-hybridized carbons (Fsp3) is 0.375. The number of nitriles is 1. The molecule has 0 fully saturated rings. The summed E-state index contributed by atoms with van der Waals surface area (Å²) in [5, 5.41) is 17.4. The number of aryl methyl sites for hydroxylation is 1. The quantitative estimate of drug-likeness (QED) is 0.785. The third-order valence-corrected chi connectivity index (χ3v) is 3.97. The zero-order valence-electron chi connectivity index (χ0n) is 8.80. The van der Waals surface area contributed by atoms with Gasteiger partial charge in [0.15, 0.2) is 5.75 Å². The lowest BCUT2D eigenvalue weighted by atomic mass is 10.4. The number of hydrogen-bond donors (Lipinski definition) is 2. The second-order valence-electron chi connectivity index (χ2n) is 3.07. The lowest BCUT2D eigenvalue weighted by Crippen LogP contribution is -2.25. The van der Waals surface area contributed by atoms with Gasteiger partial charge in [-0.3, -0.25) is 0 Å². The molecule has 0 aromatic carbocycles. The Kier molecular flexibility index (Phi) is 4.17. The normalized spacial score (nSPS) is 11.1. The number of carbonyl (C=O) groups is 1. The Labute approximate surface area is 102 Å². The van der Waals surface area contributed by atoms with Gasteiger partial charge in [0.2, 0.25) is 10.0 Å². The molecule has 0 radical (unpaired) electrons. The second kappa shape index (κ2) is 5.22. The molecule has 7 nitrogen and oxygen atoms in total. The van der Waals surface area contributed by atoms with Crippen molar-refractivity contribution in [3.8, 4) is 6.07 Å². The summed E-state index contributed by atoms with van der Waals surface area (Å²) in [6.45, 7) is 1.43. The number of carboxylic acid groups (broad SMARTS) is 1. The SMILES string of the molecule is Cc1nc(CNS(=O)(=O)CC#N)sc1C(=O)O. The maximum atomic E-state index is 11.2. The predicted octanol–water partition coefficient (Wildman–Crippen LogP) is 0.0927. The van der Waals surface area contributed by atoms with Gasteiger partial charge in [0.05, 0.1) is 18.3 Å². The molecule has 0 aliphatic carbocycles. The number of sulfonamides is 1. The monoisotopic (exact) mass is 275 g/mol. The fourth-order valence-corrected chi connectivity index (χ4v) is 2.60. The Morgan fingerprint density at radius 1 is 1.65 bits per heavy atom. The first-order valence-corrected chi connectivity index (χ1v) is 6.86. The van der Waals surface area contributed by atoms with Crippen LogP contribution in [0, 0.1) is 18.3 Å². The average molecular weight is 275 g/mol. The van der Waals surface area contributed by atoms with Crippen LogP contribution in [0.5, 0.6) is 0 Å². The van der Waals surface area contributed by atoms with E-state index in [1.807, 2.05) is 0 Å². The van der Waals surface area contributed by atoms with Gasteiger partial charge in [0.1, 0.15) is 9.88 Å². The van der Waals surface area contributed by atoms with Crippen molar-refractivity contribution in [1.29, 1.82) is 5.26 Å². The van der Waals surface area contributed by atoms with Crippen molar-refractivity contribution in [2.75, 3.05) is 5.75 Å². The number of thiazole rings is 1. The second-order valence-corrected chi connectivity index (χ2v) is 5.96. The van der Waals surface area contributed by atoms with Gasteiger partial charge >= 0.3 is 5.97 Å². The molecule has 17 heavy (non-hydrogen) atoms. The molecule has 9 heteroatoms. The minimum Gasteiger partial charge on any atom is -0.477 e. The zero-order valence-corrected chi connectivity index (χ0v) is 10.4. The van der Waals surface area contributed by atoms with Gasteiger partial charge in [-0.25, -0.2) is 22.9 Å². The van der Waals surface area contributed by atoms with Crippen LogP contribution in [-0.4, -0.2) is 30.2 Å². The first-order valence-electron chi connectivity index (χ1n) is 4.39. The van der Waals surface area contributed by atoms with Crippen LogP contribution in [0.1, 0.15) is 20.4 Å². The Morgan fingerprint density at radius 3 is 2.76 bits per heavy atom. The minimum absolute atomic E-state index is 0.0829. The Morgan fingerprint density at radius 2 is 2.29 bits per heavy atom. The number of hydrogen-bond acceptors (Lipinski definition) is 6. The molecule has 0 saturated carbocycles. The molecule has 0 atom stereocenters. The summed E-state index contributed by atoms with van der Waals surface area (Å²) in [6, 6.07) is 1.52. The molecular formula is C8H9N3O4S2. The van der Waals surface area contributed by atoms with Gasteiger partial charge in [-0.2, -0.15) is 5.26 Å². The zero-order chi connectivity index (χ0) is 13.1. The highest BCUT2D eigenvalue weighted by Crippen LogP contribution is 2.17. The van der Waals surface area contributed by atoms with Crippen molar-refractivity contribution in [2.24, 2.45) is 0 Å². The Bertz CT molecular complexity index is 570. The predicted molar refractivity (Wildman–Crippen MR) is 60.0 cm³/mol. The van der Waals surface area contributed by atoms with E-state index in [-0.39, 0.29) is 11.4 Å². The molecule has 0 aliphatic rings. The summed E-state index contributed by atoms with van der Waals surface area (Å²) in [5.41, 5.74) is 0.344. The molecule has 0 unspecified atom stereocenters. The maximum absolute atomic E-state index is 11.2. The van der Waals surface area contributed by atoms with Crippen LogP contribution in [0.2, 0.25) is 0 Å². The van der Waals surface area contributed by atoms with E-state index in [0.29, 0.717) is 10.7 Å². The fourth-order valence-electron chi connectivity index (χ4n) is 1.03. The van der Waals surface area contributed by atoms with E-state index in [0.717, 1.165) is 11.3 Å². The summed E-state index contributed by atoms with van der Waals surface area (Å²) in [6.07, 6.45) is 0. The molecule has 1 rings (SSSR count). The average Bonchev–Trinajstić information content (AvgIpc) is 2.57. The molecule has 2 N–H and O–H groups in total. The molecule has 0 spiro atoms. The number of nitrogens with zero attached hydrogens (tertiary/aromatic N) is 2. The number of carboxylic acids is 1. The van der Waals surface area contributed by atoms with Crippen LogP contribution in [0.25, 0.3) is 0 Å². The molecule has 92 valence electrons. The molecule has 0 saturated heterocycles. The largest absolute Gasteiger partial charge is 0.477 e. The van der Waals surface area contributed by atoms with Crippen molar-refractivity contribution in [3.63, 3.8) is 0 Å². The molecular weight excluding hydrogens is 266 g/mol. The molecule has 0 aliphatic heterocycles. The lowest BCUT2D eigenvalue weighted by Gasteiger charge is -1.99. The van der Waals surface area contributed by atoms with Crippen LogP contribution < -0.4 is 4.72 Å². The van der Waals surface area contributed by atoms with Gasteiger partial charge in [0.25, 0.3) is 0 Å². The van der Waals surface area contributed by atoms with Crippen LogP contribution in [0.4, 0.5) is 0 Å². The van der Waals surface area contributed by atoms with Crippen molar-refractivity contribution < 1.29 is 18.3 Å². The topological polar surface area (TPSA) is 120 Å². The Hall–Kier alpha value is -1.50. The van der Waals surface area contributed by atoms with Gasteiger partial charge in [-0.05, 0) is 6.92 Å². The number of rotatable bonds is 5. The maximum Gasteiger partial charge on any atom is 0.347 e. The van der Waals surface area contributed by atoms with Crippen molar-refractivity contribution in [1.82, 2.24) is 9.71 Å². The molecule has 0 amide bonds. The van der Waals surface area contributed by atoms with Gasteiger partial charge < -0.3 is 5.11 Å². The minimum atomic E-state index is -3.65. The first kappa shape index (κ1) is 13.6. The van der Waals surface area contributed by atoms with E-state index >= 15 is 0 Å². The van der Waals surface area contributed by atoms with E-state index in [9.17, 15) is 13.2 Å². The molecule has 1 aromatic rings. The summed E-state index contributed by atoms with van der Waals surface area (Å²) in [5.74, 6) is -1.73. The van der Waals surface area contributed by atoms with E-state index < -0.39 is 21.7 Å². The van der Waals surface area contributed by atoms with E-state index in [1.54, 1.807) is 0 Å². The van der Waals surface area contributed by atoms with Gasteiger partial charge in [-0.15, -0.1) is 11.3 Å². The standard InChI is InChI=1S/C8H9N3O4S2/c1-5-7(8(12)13)16-6(11-5)4-10-17(14,15)3-2-9/h10H,3-4H2,1H3,(H,12,13). The molecule has 1 heterocycles. The van der Waals surface area contributed by atoms with Crippen LogP contribution >= 0.6 is 11.3 Å². The highest BCUT2D eigenvalue weighted by molar-refractivity contribution is 7.89. The number of aromatic carboxylic acids is 1. The van der Waals surface area contributed by atoms with E-state index in [1.165, 1.54) is 13.0 Å². The van der Waals surface area contributed by atoms with Crippen molar-refractivity contribution in [3.05, 3.63) is 15.6 Å².